The van der Waals surface area contributed by atoms with Gasteiger partial charge in [0, 0.05) is 6.20 Å². The number of pyridine rings is 1. The van der Waals surface area contributed by atoms with Gasteiger partial charge in [-0.3, -0.25) is 4.72 Å². The van der Waals surface area contributed by atoms with Crippen LogP contribution in [0.4, 0.5) is 11.5 Å². The van der Waals surface area contributed by atoms with Crippen molar-refractivity contribution < 1.29 is 23.1 Å². The van der Waals surface area contributed by atoms with Gasteiger partial charge in [0.15, 0.2) is 0 Å². The van der Waals surface area contributed by atoms with Crippen LogP contribution in [0.2, 0.25) is 0 Å². The summed E-state index contributed by atoms with van der Waals surface area (Å²) < 4.78 is 31.8. The fraction of sp³-hybridized carbons (Fsp3) is 0.176. The van der Waals surface area contributed by atoms with Gasteiger partial charge < -0.3 is 9.84 Å². The van der Waals surface area contributed by atoms with Crippen molar-refractivity contribution in [2.45, 2.75) is 18.7 Å². The third-order valence-corrected chi connectivity index (χ3v) is 4.50. The number of hydrogen-bond donors (Lipinski definition) is 2. The van der Waals surface area contributed by atoms with Crippen molar-refractivity contribution in [1.82, 2.24) is 4.98 Å². The van der Waals surface area contributed by atoms with E-state index in [9.17, 15) is 18.3 Å². The highest BCUT2D eigenvalue weighted by Gasteiger charge is 2.15. The first-order chi connectivity index (χ1) is 12.8. The van der Waals surface area contributed by atoms with E-state index >= 15 is 0 Å². The Kier molecular flexibility index (Phi) is 6.61. The molecule has 0 radical (unpaired) electrons. The highest BCUT2D eigenvalue weighted by atomic mass is 32.2. The van der Waals surface area contributed by atoms with Gasteiger partial charge in [-0.25, -0.2) is 18.2 Å². The number of ether oxygens (including phenoxy) is 1. The second kappa shape index (κ2) is 8.90. The average molecular weight is 390 g/mol. The largest absolute Gasteiger partial charge is 0.510 e. The lowest BCUT2D eigenvalue weighted by Gasteiger charge is -2.07. The van der Waals surface area contributed by atoms with E-state index in [1.165, 1.54) is 43.5 Å². The Morgan fingerprint density at radius 2 is 1.93 bits per heavy atom. The van der Waals surface area contributed by atoms with Crippen LogP contribution in [-0.4, -0.2) is 31.1 Å². The van der Waals surface area contributed by atoms with Crippen LogP contribution in [0.15, 0.2) is 75.2 Å². The van der Waals surface area contributed by atoms with E-state index < -0.39 is 16.0 Å². The minimum absolute atomic E-state index is 0.00611. The number of sulfonamides is 1. The van der Waals surface area contributed by atoms with Crippen LogP contribution in [0.5, 0.6) is 0 Å². The second-order valence-electron chi connectivity index (χ2n) is 5.17. The van der Waals surface area contributed by atoms with E-state index in [1.807, 2.05) is 0 Å². The molecule has 0 fully saturated rings. The number of anilines is 1. The molecule has 0 saturated heterocycles. The smallest absolute Gasteiger partial charge is 0.362 e. The van der Waals surface area contributed by atoms with Crippen molar-refractivity contribution in [3.05, 3.63) is 60.1 Å². The fourth-order valence-electron chi connectivity index (χ4n) is 1.88. The number of nitrogens with one attached hydrogen (secondary N) is 1. The van der Waals surface area contributed by atoms with Gasteiger partial charge in [-0.15, -0.1) is 5.11 Å². The Bertz CT molecular complexity index is 951. The third kappa shape index (κ3) is 5.61. The number of carbonyl (C=O) groups excluding carboxylic acids is 1. The van der Waals surface area contributed by atoms with E-state index in [-0.39, 0.29) is 34.5 Å². The van der Waals surface area contributed by atoms with Gasteiger partial charge in [0.2, 0.25) is 5.70 Å². The lowest BCUT2D eigenvalue weighted by molar-refractivity contribution is -0.138. The van der Waals surface area contributed by atoms with E-state index in [2.05, 4.69) is 19.9 Å². The molecule has 0 bridgehead atoms. The van der Waals surface area contributed by atoms with Crippen LogP contribution in [0, 0.1) is 0 Å². The molecule has 10 heteroatoms. The summed E-state index contributed by atoms with van der Waals surface area (Å²) in [7, 11) is -3.80. The Morgan fingerprint density at radius 1 is 1.22 bits per heavy atom. The topological polar surface area (TPSA) is 130 Å². The van der Waals surface area contributed by atoms with Gasteiger partial charge in [0.25, 0.3) is 10.0 Å². The average Bonchev–Trinajstić information content (AvgIpc) is 2.63. The first kappa shape index (κ1) is 20.0. The number of hydrogen-bond acceptors (Lipinski definition) is 8. The molecule has 2 rings (SSSR count). The summed E-state index contributed by atoms with van der Waals surface area (Å²) in [4.78, 5) is 15.6. The molecule has 1 aromatic carbocycles. The quantitative estimate of drug-likeness (QED) is 0.323. The summed E-state index contributed by atoms with van der Waals surface area (Å²) >= 11 is 0. The SMILES string of the molecule is CCOC(=O)/C(N=Nc1ccc(S(=O)(=O)Nc2ccccn2)cc1)=C(\C)O. The minimum atomic E-state index is -3.80. The molecule has 1 heterocycles. The molecule has 0 atom stereocenters. The number of carbonyl (C=O) groups is 1. The normalized spacial score (nSPS) is 12.5. The highest BCUT2D eigenvalue weighted by molar-refractivity contribution is 7.92. The zero-order chi connectivity index (χ0) is 19.9. The summed E-state index contributed by atoms with van der Waals surface area (Å²) in [5.41, 5.74) is -0.0415. The zero-order valence-corrected chi connectivity index (χ0v) is 15.5. The lowest BCUT2D eigenvalue weighted by Crippen LogP contribution is -2.13. The number of nitrogens with zero attached hydrogens (tertiary/aromatic N) is 3. The van der Waals surface area contributed by atoms with Gasteiger partial charge in [-0.1, -0.05) is 6.07 Å². The molecule has 0 aliphatic rings. The Balaban J connectivity index is 2.17. The first-order valence-corrected chi connectivity index (χ1v) is 9.34. The monoisotopic (exact) mass is 390 g/mol. The van der Waals surface area contributed by atoms with Crippen molar-refractivity contribution >= 4 is 27.5 Å². The maximum absolute atomic E-state index is 12.3. The molecule has 0 saturated carbocycles. The van der Waals surface area contributed by atoms with Crippen LogP contribution in [-0.2, 0) is 19.6 Å². The number of azo groups is 1. The summed E-state index contributed by atoms with van der Waals surface area (Å²) in [6.45, 7) is 3.03. The summed E-state index contributed by atoms with van der Waals surface area (Å²) in [6, 6.07) is 10.3. The second-order valence-corrected chi connectivity index (χ2v) is 6.85. The maximum atomic E-state index is 12.3. The van der Waals surface area contributed by atoms with E-state index in [0.29, 0.717) is 0 Å². The molecule has 0 aliphatic carbocycles. The molecule has 1 aromatic heterocycles. The van der Waals surface area contributed by atoms with Gasteiger partial charge in [0.1, 0.15) is 11.6 Å². The van der Waals surface area contributed by atoms with Crippen molar-refractivity contribution in [3.63, 3.8) is 0 Å². The minimum Gasteiger partial charge on any atom is -0.510 e. The molecule has 2 N–H and O–H groups in total. The Labute approximate surface area is 156 Å². The summed E-state index contributed by atoms with van der Waals surface area (Å²) in [5.74, 6) is -0.945. The number of benzene rings is 1. The molecule has 0 unspecified atom stereocenters. The summed E-state index contributed by atoms with van der Waals surface area (Å²) in [6.07, 6.45) is 1.47. The Morgan fingerprint density at radius 3 is 2.48 bits per heavy atom. The molecule has 27 heavy (non-hydrogen) atoms. The van der Waals surface area contributed by atoms with Gasteiger partial charge >= 0.3 is 5.97 Å². The molecule has 9 nitrogen and oxygen atoms in total. The number of rotatable bonds is 7. The molecular formula is C17H18N4O5S. The first-order valence-electron chi connectivity index (χ1n) is 7.86. The van der Waals surface area contributed by atoms with Crippen molar-refractivity contribution in [2.75, 3.05) is 11.3 Å². The van der Waals surface area contributed by atoms with Crippen LogP contribution in [0.1, 0.15) is 13.8 Å². The number of aliphatic hydroxyl groups is 1. The lowest BCUT2D eigenvalue weighted by atomic mass is 10.3. The third-order valence-electron chi connectivity index (χ3n) is 3.13. The number of aromatic nitrogens is 1. The number of esters is 1. The predicted molar refractivity (Wildman–Crippen MR) is 98.0 cm³/mol. The molecule has 0 spiro atoms. The van der Waals surface area contributed by atoms with Gasteiger partial charge in [0.05, 0.1) is 17.2 Å². The molecule has 2 aromatic rings. The number of aliphatic hydroxyl groups excluding tert-OH is 1. The maximum Gasteiger partial charge on any atom is 0.362 e. The predicted octanol–water partition coefficient (Wildman–Crippen LogP) is 3.32. The van der Waals surface area contributed by atoms with Gasteiger partial charge in [-0.05, 0) is 50.2 Å². The Hall–Kier alpha value is -3.27. The highest BCUT2D eigenvalue weighted by Crippen LogP contribution is 2.20. The standard InChI is InChI=1S/C17H18N4O5S/c1-3-26-17(23)16(12(2)22)20-19-13-7-9-14(10-8-13)27(24,25)21-15-6-4-5-11-18-15/h4-11,22H,3H2,1-2H3,(H,18,21)/b16-12-,20-19?. The van der Waals surface area contributed by atoms with Crippen molar-refractivity contribution in [1.29, 1.82) is 0 Å². The van der Waals surface area contributed by atoms with E-state index in [0.717, 1.165) is 0 Å². The number of allylic oxidation sites excluding steroid dienone is 1. The molecule has 142 valence electrons. The van der Waals surface area contributed by atoms with Crippen molar-refractivity contribution in [3.8, 4) is 0 Å². The fourth-order valence-corrected chi connectivity index (χ4v) is 2.89. The zero-order valence-electron chi connectivity index (χ0n) is 14.7. The van der Waals surface area contributed by atoms with E-state index in [1.54, 1.807) is 19.1 Å². The van der Waals surface area contributed by atoms with Crippen molar-refractivity contribution in [2.24, 2.45) is 10.2 Å². The molecular weight excluding hydrogens is 372 g/mol. The molecule has 0 aliphatic heterocycles. The molecule has 0 amide bonds. The van der Waals surface area contributed by atoms with E-state index in [4.69, 9.17) is 4.74 Å². The van der Waals surface area contributed by atoms with Crippen LogP contribution < -0.4 is 4.72 Å². The summed E-state index contributed by atoms with van der Waals surface area (Å²) in [5, 5.41) is 17.0. The van der Waals surface area contributed by atoms with Crippen LogP contribution >= 0.6 is 0 Å². The van der Waals surface area contributed by atoms with Crippen LogP contribution in [0.3, 0.4) is 0 Å². The van der Waals surface area contributed by atoms with Crippen LogP contribution in [0.25, 0.3) is 0 Å². The van der Waals surface area contributed by atoms with Gasteiger partial charge in [-0.2, -0.15) is 5.11 Å².